The highest BCUT2D eigenvalue weighted by atomic mass is 35.5. The first-order valence-corrected chi connectivity index (χ1v) is 6.70. The predicted octanol–water partition coefficient (Wildman–Crippen LogP) is 2.29. The number of nitrogens with zero attached hydrogens (tertiary/aromatic N) is 1. The first-order chi connectivity index (χ1) is 9.10. The van der Waals surface area contributed by atoms with Crippen LogP contribution in [0.2, 0.25) is 5.02 Å². The number of ether oxygens (including phenoxy) is 1. The maximum Gasteiger partial charge on any atom is 0.294 e. The quantitative estimate of drug-likeness (QED) is 0.516. The number of nitrogens with two attached hydrogens (primary N) is 1. The van der Waals surface area contributed by atoms with Crippen molar-refractivity contribution in [1.82, 2.24) is 10.4 Å². The highest BCUT2D eigenvalue weighted by molar-refractivity contribution is 7.11. The SMILES string of the molecule is Cc1ccc(Cl)c(OCc2csc(C(=O)NN)n2)c1. The summed E-state index contributed by atoms with van der Waals surface area (Å²) in [6, 6.07) is 5.53. The molecule has 1 amide bonds. The smallest absolute Gasteiger partial charge is 0.294 e. The zero-order valence-corrected chi connectivity index (χ0v) is 11.7. The molecule has 2 rings (SSSR count). The molecule has 0 spiro atoms. The van der Waals surface area contributed by atoms with E-state index in [1.165, 1.54) is 11.3 Å². The maximum absolute atomic E-state index is 11.2. The first kappa shape index (κ1) is 13.8. The van der Waals surface area contributed by atoms with Crippen LogP contribution >= 0.6 is 22.9 Å². The number of aryl methyl sites for hydroxylation is 1. The van der Waals surface area contributed by atoms with E-state index >= 15 is 0 Å². The van der Waals surface area contributed by atoms with Gasteiger partial charge in [-0.2, -0.15) is 0 Å². The summed E-state index contributed by atoms with van der Waals surface area (Å²) in [6.07, 6.45) is 0. The lowest BCUT2D eigenvalue weighted by Gasteiger charge is -2.07. The molecule has 100 valence electrons. The Bertz CT molecular complexity index is 600. The van der Waals surface area contributed by atoms with Crippen LogP contribution in [0.5, 0.6) is 5.75 Å². The number of hydrogen-bond acceptors (Lipinski definition) is 5. The molecule has 0 bridgehead atoms. The van der Waals surface area contributed by atoms with Gasteiger partial charge in [0, 0.05) is 5.38 Å². The Morgan fingerprint density at radius 3 is 3.11 bits per heavy atom. The Morgan fingerprint density at radius 2 is 2.37 bits per heavy atom. The van der Waals surface area contributed by atoms with Gasteiger partial charge in [0.15, 0.2) is 5.01 Å². The average molecular weight is 298 g/mol. The van der Waals surface area contributed by atoms with Crippen molar-refractivity contribution in [2.24, 2.45) is 5.84 Å². The van der Waals surface area contributed by atoms with Crippen molar-refractivity contribution in [2.75, 3.05) is 0 Å². The molecule has 0 atom stereocenters. The van der Waals surface area contributed by atoms with Crippen molar-refractivity contribution >= 4 is 28.8 Å². The summed E-state index contributed by atoms with van der Waals surface area (Å²) in [5.41, 5.74) is 3.74. The minimum atomic E-state index is -0.412. The third-order valence-corrected chi connectivity index (χ3v) is 3.54. The molecule has 0 aliphatic heterocycles. The van der Waals surface area contributed by atoms with E-state index in [9.17, 15) is 4.79 Å². The van der Waals surface area contributed by atoms with E-state index in [4.69, 9.17) is 22.2 Å². The van der Waals surface area contributed by atoms with Gasteiger partial charge in [0.25, 0.3) is 5.91 Å². The summed E-state index contributed by atoms with van der Waals surface area (Å²) >= 11 is 7.23. The molecule has 0 aliphatic carbocycles. The molecule has 2 aromatic rings. The summed E-state index contributed by atoms with van der Waals surface area (Å²) in [5, 5.41) is 2.59. The molecule has 1 aromatic carbocycles. The molecular weight excluding hydrogens is 286 g/mol. The van der Waals surface area contributed by atoms with Gasteiger partial charge in [-0.25, -0.2) is 10.8 Å². The van der Waals surface area contributed by atoms with E-state index in [1.54, 1.807) is 11.4 Å². The number of nitrogens with one attached hydrogen (secondary N) is 1. The molecule has 19 heavy (non-hydrogen) atoms. The van der Waals surface area contributed by atoms with Gasteiger partial charge in [0.2, 0.25) is 0 Å². The molecule has 5 nitrogen and oxygen atoms in total. The van der Waals surface area contributed by atoms with E-state index in [2.05, 4.69) is 4.98 Å². The molecule has 1 aromatic heterocycles. The van der Waals surface area contributed by atoms with E-state index in [-0.39, 0.29) is 6.61 Å². The van der Waals surface area contributed by atoms with E-state index in [0.29, 0.717) is 21.5 Å². The number of hydrogen-bond donors (Lipinski definition) is 2. The number of thiazole rings is 1. The molecule has 0 unspecified atom stereocenters. The second kappa shape index (κ2) is 6.01. The number of nitrogen functional groups attached to an aromatic ring is 1. The van der Waals surface area contributed by atoms with Crippen LogP contribution in [0.1, 0.15) is 21.1 Å². The van der Waals surface area contributed by atoms with Gasteiger partial charge in [-0.15, -0.1) is 11.3 Å². The monoisotopic (exact) mass is 297 g/mol. The highest BCUT2D eigenvalue weighted by Gasteiger charge is 2.10. The van der Waals surface area contributed by atoms with Gasteiger partial charge in [-0.1, -0.05) is 17.7 Å². The Labute approximate surface area is 119 Å². The van der Waals surface area contributed by atoms with Crippen LogP contribution < -0.4 is 16.0 Å². The minimum absolute atomic E-state index is 0.248. The van der Waals surface area contributed by atoms with Crippen LogP contribution in [0.4, 0.5) is 0 Å². The molecule has 7 heteroatoms. The third kappa shape index (κ3) is 3.44. The summed E-state index contributed by atoms with van der Waals surface area (Å²) < 4.78 is 5.58. The highest BCUT2D eigenvalue weighted by Crippen LogP contribution is 2.26. The van der Waals surface area contributed by atoms with Gasteiger partial charge >= 0.3 is 0 Å². The Kier molecular flexibility index (Phi) is 4.36. The third-order valence-electron chi connectivity index (χ3n) is 2.34. The predicted molar refractivity (Wildman–Crippen MR) is 74.3 cm³/mol. The molecule has 3 N–H and O–H groups in total. The molecule has 0 saturated carbocycles. The summed E-state index contributed by atoms with van der Waals surface area (Å²) in [6.45, 7) is 2.20. The topological polar surface area (TPSA) is 77.2 Å². The minimum Gasteiger partial charge on any atom is -0.486 e. The molecular formula is C12H12ClN3O2S. The molecule has 0 saturated heterocycles. The Morgan fingerprint density at radius 1 is 1.58 bits per heavy atom. The van der Waals surface area contributed by atoms with Gasteiger partial charge < -0.3 is 4.74 Å². The van der Waals surface area contributed by atoms with Gasteiger partial charge in [-0.3, -0.25) is 10.2 Å². The summed E-state index contributed by atoms with van der Waals surface area (Å²) in [7, 11) is 0. The number of benzene rings is 1. The normalized spacial score (nSPS) is 10.3. The van der Waals surface area contributed by atoms with E-state index in [0.717, 1.165) is 5.56 Å². The van der Waals surface area contributed by atoms with Crippen LogP contribution in [-0.4, -0.2) is 10.9 Å². The fourth-order valence-corrected chi connectivity index (χ4v) is 2.29. The number of hydrazine groups is 1. The molecule has 0 aliphatic rings. The van der Waals surface area contributed by atoms with Gasteiger partial charge in [-0.05, 0) is 24.6 Å². The zero-order chi connectivity index (χ0) is 13.8. The molecule has 1 heterocycles. The standard InChI is InChI=1S/C12H12ClN3O2S/c1-7-2-3-9(13)10(4-7)18-5-8-6-19-12(15-8)11(17)16-14/h2-4,6H,5,14H2,1H3,(H,16,17). The average Bonchev–Trinajstić information content (AvgIpc) is 2.88. The van der Waals surface area contributed by atoms with Crippen LogP contribution in [0.15, 0.2) is 23.6 Å². The second-order valence-corrected chi connectivity index (χ2v) is 5.11. The number of rotatable bonds is 4. The number of aromatic nitrogens is 1. The number of carbonyl (C=O) groups is 1. The fourth-order valence-electron chi connectivity index (χ4n) is 1.41. The summed E-state index contributed by atoms with van der Waals surface area (Å²) in [5.74, 6) is 5.22. The van der Waals surface area contributed by atoms with E-state index < -0.39 is 5.91 Å². The van der Waals surface area contributed by atoms with Crippen molar-refractivity contribution in [3.05, 3.63) is 44.9 Å². The molecule has 0 radical (unpaired) electrons. The van der Waals surface area contributed by atoms with E-state index in [1.807, 2.05) is 24.5 Å². The second-order valence-electron chi connectivity index (χ2n) is 3.84. The number of amides is 1. The maximum atomic E-state index is 11.2. The van der Waals surface area contributed by atoms with Gasteiger partial charge in [0.05, 0.1) is 10.7 Å². The van der Waals surface area contributed by atoms with Crippen LogP contribution in [0, 0.1) is 6.92 Å². The Balaban J connectivity index is 2.04. The van der Waals surface area contributed by atoms with Crippen molar-refractivity contribution < 1.29 is 9.53 Å². The van der Waals surface area contributed by atoms with Crippen LogP contribution in [0.25, 0.3) is 0 Å². The van der Waals surface area contributed by atoms with Crippen LogP contribution in [0.3, 0.4) is 0 Å². The largest absolute Gasteiger partial charge is 0.486 e. The lowest BCUT2D eigenvalue weighted by molar-refractivity contribution is 0.0953. The molecule has 0 fully saturated rings. The van der Waals surface area contributed by atoms with Gasteiger partial charge in [0.1, 0.15) is 12.4 Å². The zero-order valence-electron chi connectivity index (χ0n) is 10.1. The van der Waals surface area contributed by atoms with Crippen molar-refractivity contribution in [3.63, 3.8) is 0 Å². The lowest BCUT2D eigenvalue weighted by atomic mass is 10.2. The van der Waals surface area contributed by atoms with Crippen molar-refractivity contribution in [1.29, 1.82) is 0 Å². The number of carbonyl (C=O) groups excluding carboxylic acids is 1. The lowest BCUT2D eigenvalue weighted by Crippen LogP contribution is -2.29. The Hall–Kier alpha value is -1.63. The summed E-state index contributed by atoms with van der Waals surface area (Å²) in [4.78, 5) is 15.4. The van der Waals surface area contributed by atoms with Crippen LogP contribution in [-0.2, 0) is 6.61 Å². The number of halogens is 1. The fraction of sp³-hybridized carbons (Fsp3) is 0.167. The first-order valence-electron chi connectivity index (χ1n) is 5.44. The van der Waals surface area contributed by atoms with Crippen molar-refractivity contribution in [3.8, 4) is 5.75 Å². The van der Waals surface area contributed by atoms with Crippen molar-refractivity contribution in [2.45, 2.75) is 13.5 Å².